The quantitative estimate of drug-likeness (QED) is 0.0459. The average molecular weight is 751 g/mol. The zero-order chi connectivity index (χ0) is 38.4. The fraction of sp³-hybridized carbons (Fsp3) is 0.980. The van der Waals surface area contributed by atoms with Crippen LogP contribution in [0.2, 0.25) is 0 Å². The lowest BCUT2D eigenvalue weighted by Crippen LogP contribution is -2.32. The van der Waals surface area contributed by atoms with Gasteiger partial charge in [-0.3, -0.25) is 0 Å². The molecule has 0 N–H and O–H groups in total. The molecule has 0 rings (SSSR count). The van der Waals surface area contributed by atoms with Gasteiger partial charge in [-0.05, 0) is 19.3 Å². The van der Waals surface area contributed by atoms with Gasteiger partial charge in [0.15, 0.2) is 6.10 Å². The van der Waals surface area contributed by atoms with E-state index in [1.54, 1.807) is 0 Å². The molecule has 0 aliphatic carbocycles. The first-order chi connectivity index (χ1) is 26.3. The third-order valence-corrected chi connectivity index (χ3v) is 11.2. The van der Waals surface area contributed by atoms with Crippen molar-refractivity contribution in [3.8, 4) is 0 Å². The molecule has 0 aliphatic heterocycles. The summed E-state index contributed by atoms with van der Waals surface area (Å²) in [5.41, 5.74) is 0. The first-order valence-corrected chi connectivity index (χ1v) is 24.6. The number of hydrogen-bond donors (Lipinski definition) is 0. The van der Waals surface area contributed by atoms with Crippen molar-refractivity contribution in [2.75, 3.05) is 26.4 Å². The number of rotatable bonds is 47. The summed E-state index contributed by atoms with van der Waals surface area (Å²) in [4.78, 5) is 13.0. The predicted octanol–water partition coefficient (Wildman–Crippen LogP) is 16.6. The van der Waals surface area contributed by atoms with E-state index in [0.29, 0.717) is 26.4 Å². The molecule has 4 nitrogen and oxygen atoms in total. The average Bonchev–Trinajstić information content (AvgIpc) is 3.17. The van der Waals surface area contributed by atoms with Crippen LogP contribution in [0.5, 0.6) is 0 Å². The highest BCUT2D eigenvalue weighted by atomic mass is 16.6. The molecular formula is C49H98O4. The number of hydrogen-bond acceptors (Lipinski definition) is 4. The highest BCUT2D eigenvalue weighted by Gasteiger charge is 2.21. The second kappa shape index (κ2) is 47.5. The molecule has 0 amide bonds. The fourth-order valence-electron chi connectivity index (χ4n) is 7.50. The van der Waals surface area contributed by atoms with Gasteiger partial charge in [-0.25, -0.2) is 4.79 Å². The van der Waals surface area contributed by atoms with Gasteiger partial charge in [0.2, 0.25) is 0 Å². The molecule has 1 atom stereocenters. The Morgan fingerprint density at radius 1 is 0.321 bits per heavy atom. The van der Waals surface area contributed by atoms with Crippen LogP contribution < -0.4 is 0 Å². The van der Waals surface area contributed by atoms with Gasteiger partial charge in [-0.2, -0.15) is 0 Å². The lowest BCUT2D eigenvalue weighted by molar-refractivity contribution is -0.161. The molecule has 0 bridgehead atoms. The molecule has 0 heterocycles. The van der Waals surface area contributed by atoms with E-state index in [4.69, 9.17) is 14.2 Å². The van der Waals surface area contributed by atoms with Gasteiger partial charge < -0.3 is 14.2 Å². The van der Waals surface area contributed by atoms with Gasteiger partial charge >= 0.3 is 5.97 Å². The van der Waals surface area contributed by atoms with Crippen molar-refractivity contribution in [3.05, 3.63) is 0 Å². The van der Waals surface area contributed by atoms with E-state index in [-0.39, 0.29) is 5.97 Å². The molecule has 0 radical (unpaired) electrons. The molecule has 4 heteroatoms. The van der Waals surface area contributed by atoms with Crippen LogP contribution in [0.1, 0.15) is 278 Å². The number of carbonyl (C=O) groups is 1. The van der Waals surface area contributed by atoms with Crippen LogP contribution in [-0.4, -0.2) is 38.5 Å². The lowest BCUT2D eigenvalue weighted by atomic mass is 10.0. The maximum absolute atomic E-state index is 13.0. The number of esters is 1. The largest absolute Gasteiger partial charge is 0.464 e. The van der Waals surface area contributed by atoms with E-state index >= 15 is 0 Å². The minimum Gasteiger partial charge on any atom is -0.464 e. The van der Waals surface area contributed by atoms with Gasteiger partial charge in [0.05, 0.1) is 13.2 Å². The minimum atomic E-state index is -0.582. The molecule has 318 valence electrons. The summed E-state index contributed by atoms with van der Waals surface area (Å²) in [6.45, 7) is 9.04. The van der Waals surface area contributed by atoms with Crippen LogP contribution in [0.25, 0.3) is 0 Å². The maximum Gasteiger partial charge on any atom is 0.337 e. The predicted molar refractivity (Wildman–Crippen MR) is 233 cm³/mol. The summed E-state index contributed by atoms with van der Waals surface area (Å²) < 4.78 is 17.8. The first kappa shape index (κ1) is 52.4. The summed E-state index contributed by atoms with van der Waals surface area (Å²) in [7, 11) is 0. The Morgan fingerprint density at radius 2 is 0.566 bits per heavy atom. The molecule has 0 saturated heterocycles. The Kier molecular flexibility index (Phi) is 47.0. The molecule has 0 aromatic heterocycles. The molecule has 0 aliphatic rings. The van der Waals surface area contributed by atoms with E-state index in [1.807, 2.05) is 0 Å². The van der Waals surface area contributed by atoms with Gasteiger partial charge in [0.25, 0.3) is 0 Å². The van der Waals surface area contributed by atoms with Crippen LogP contribution in [0.3, 0.4) is 0 Å². The van der Waals surface area contributed by atoms with E-state index < -0.39 is 6.10 Å². The second-order valence-electron chi connectivity index (χ2n) is 16.7. The summed E-state index contributed by atoms with van der Waals surface area (Å²) >= 11 is 0. The zero-order valence-corrected chi connectivity index (χ0v) is 36.8. The third kappa shape index (κ3) is 44.0. The highest BCUT2D eigenvalue weighted by Crippen LogP contribution is 2.16. The first-order valence-electron chi connectivity index (χ1n) is 24.6. The van der Waals surface area contributed by atoms with Crippen LogP contribution >= 0.6 is 0 Å². The fourth-order valence-corrected chi connectivity index (χ4v) is 7.50. The number of ether oxygens (including phenoxy) is 3. The Bertz CT molecular complexity index is 667. The molecule has 0 saturated carbocycles. The van der Waals surface area contributed by atoms with Gasteiger partial charge in [0, 0.05) is 13.2 Å². The van der Waals surface area contributed by atoms with Crippen molar-refractivity contribution in [2.24, 2.45) is 0 Å². The van der Waals surface area contributed by atoms with E-state index in [1.165, 1.54) is 231 Å². The molecular weight excluding hydrogens is 653 g/mol. The van der Waals surface area contributed by atoms with E-state index in [9.17, 15) is 4.79 Å². The van der Waals surface area contributed by atoms with Crippen molar-refractivity contribution < 1.29 is 19.0 Å². The van der Waals surface area contributed by atoms with Gasteiger partial charge in [-0.1, -0.05) is 258 Å². The van der Waals surface area contributed by atoms with Gasteiger partial charge in [0.1, 0.15) is 0 Å². The molecule has 0 aromatic rings. The van der Waals surface area contributed by atoms with Crippen molar-refractivity contribution in [1.82, 2.24) is 0 Å². The highest BCUT2D eigenvalue weighted by molar-refractivity contribution is 5.74. The smallest absolute Gasteiger partial charge is 0.337 e. The molecule has 53 heavy (non-hydrogen) atoms. The van der Waals surface area contributed by atoms with E-state index in [0.717, 1.165) is 25.7 Å². The van der Waals surface area contributed by atoms with Gasteiger partial charge in [-0.15, -0.1) is 0 Å². The third-order valence-electron chi connectivity index (χ3n) is 11.2. The minimum absolute atomic E-state index is 0.223. The summed E-state index contributed by atoms with van der Waals surface area (Å²) in [6, 6.07) is 0. The maximum atomic E-state index is 13.0. The number of unbranched alkanes of at least 4 members (excludes halogenated alkanes) is 37. The van der Waals surface area contributed by atoms with Crippen molar-refractivity contribution >= 4 is 5.97 Å². The SMILES string of the molecule is CCCCCCCCCCCCCCCCOCC(OCCCCCCCCCCCCCCCC)C(=O)OCCCCCCCCCCCCCC. The van der Waals surface area contributed by atoms with E-state index in [2.05, 4.69) is 20.8 Å². The number of carbonyl (C=O) groups excluding carboxylic acids is 1. The van der Waals surface area contributed by atoms with Crippen molar-refractivity contribution in [1.29, 1.82) is 0 Å². The molecule has 0 aromatic carbocycles. The Hall–Kier alpha value is -0.610. The zero-order valence-electron chi connectivity index (χ0n) is 36.8. The lowest BCUT2D eigenvalue weighted by Gasteiger charge is -2.17. The van der Waals surface area contributed by atoms with Crippen LogP contribution in [0.4, 0.5) is 0 Å². The van der Waals surface area contributed by atoms with Crippen molar-refractivity contribution in [2.45, 2.75) is 284 Å². The standard InChI is InChI=1S/C49H98O4/c1-4-7-10-13-16-19-22-25-27-29-32-35-38-41-44-51-47-48(49(50)53-46-43-40-37-34-30-24-21-18-15-12-9-6-3)52-45-42-39-36-33-31-28-26-23-20-17-14-11-8-5-2/h48H,4-47H2,1-3H3. The van der Waals surface area contributed by atoms with Crippen LogP contribution in [0, 0.1) is 0 Å². The van der Waals surface area contributed by atoms with Crippen LogP contribution in [-0.2, 0) is 19.0 Å². The summed E-state index contributed by atoms with van der Waals surface area (Å²) in [6.07, 6.45) is 52.9. The Balaban J connectivity index is 4.07. The summed E-state index contributed by atoms with van der Waals surface area (Å²) in [5.74, 6) is -0.223. The Morgan fingerprint density at radius 3 is 0.868 bits per heavy atom. The normalized spacial score (nSPS) is 12.1. The monoisotopic (exact) mass is 751 g/mol. The second-order valence-corrected chi connectivity index (χ2v) is 16.7. The summed E-state index contributed by atoms with van der Waals surface area (Å²) in [5, 5.41) is 0. The van der Waals surface area contributed by atoms with Crippen molar-refractivity contribution in [3.63, 3.8) is 0 Å². The van der Waals surface area contributed by atoms with Crippen LogP contribution in [0.15, 0.2) is 0 Å². The molecule has 1 unspecified atom stereocenters. The topological polar surface area (TPSA) is 44.8 Å². The molecule has 0 fully saturated rings. The molecule has 0 spiro atoms. The Labute approximate surface area is 334 Å².